The molecule has 0 aromatic heterocycles. The van der Waals surface area contributed by atoms with Crippen molar-refractivity contribution in [2.45, 2.75) is 34.6 Å². The molecule has 0 atom stereocenters. The quantitative estimate of drug-likeness (QED) is 0.714. The lowest BCUT2D eigenvalue weighted by atomic mass is 10.1. The van der Waals surface area contributed by atoms with Gasteiger partial charge in [0.05, 0.1) is 0 Å². The normalized spacial score (nSPS) is 12.1. The zero-order chi connectivity index (χ0) is 12.7. The molecule has 0 saturated carbocycles. The van der Waals surface area contributed by atoms with Crippen LogP contribution >= 0.6 is 0 Å². The van der Waals surface area contributed by atoms with Gasteiger partial charge in [0, 0.05) is 23.2 Å². The van der Waals surface area contributed by atoms with Crippen LogP contribution in [0.5, 0.6) is 5.75 Å². The molecule has 90 valence electrons. The van der Waals surface area contributed by atoms with Crippen LogP contribution in [0.3, 0.4) is 0 Å². The van der Waals surface area contributed by atoms with Crippen molar-refractivity contribution in [2.24, 2.45) is 0 Å². The zero-order valence-electron chi connectivity index (χ0n) is 11.2. The molecule has 0 fully saturated rings. The molecule has 2 nitrogen and oxygen atoms in total. The molecule has 2 heteroatoms. The summed E-state index contributed by atoms with van der Waals surface area (Å²) in [7, 11) is 1.89. The van der Waals surface area contributed by atoms with Gasteiger partial charge in [0.2, 0.25) is 0 Å². The number of benzene rings is 1. The fourth-order valence-electron chi connectivity index (χ4n) is 1.66. The van der Waals surface area contributed by atoms with Crippen molar-refractivity contribution in [3.63, 3.8) is 0 Å². The van der Waals surface area contributed by atoms with Crippen LogP contribution in [-0.2, 0) is 0 Å². The van der Waals surface area contributed by atoms with Crippen LogP contribution in [0.4, 0.5) is 5.69 Å². The van der Waals surface area contributed by atoms with Gasteiger partial charge in [0.25, 0.3) is 0 Å². The summed E-state index contributed by atoms with van der Waals surface area (Å²) >= 11 is 0. The van der Waals surface area contributed by atoms with Crippen LogP contribution < -0.4 is 15.8 Å². The third-order valence-corrected chi connectivity index (χ3v) is 2.42. The minimum Gasteiger partial charge on any atom is -0.507 e. The summed E-state index contributed by atoms with van der Waals surface area (Å²) in [6, 6.07) is 1.96. The Morgan fingerprint density at radius 2 is 1.62 bits per heavy atom. The van der Waals surface area contributed by atoms with Gasteiger partial charge < -0.3 is 10.4 Å². The van der Waals surface area contributed by atoms with Crippen LogP contribution in [-0.4, -0.2) is 12.2 Å². The molecule has 0 saturated heterocycles. The molecule has 0 unspecified atom stereocenters. The number of phenols is 1. The minimum atomic E-state index is 0.375. The minimum absolute atomic E-state index is 0.375. The molecular formula is C14H23NO. The number of anilines is 1. The average Bonchev–Trinajstić information content (AvgIpc) is 2.34. The topological polar surface area (TPSA) is 32.3 Å². The lowest BCUT2D eigenvalue weighted by Gasteiger charge is -2.07. The van der Waals surface area contributed by atoms with Crippen molar-refractivity contribution in [3.05, 3.63) is 22.1 Å². The van der Waals surface area contributed by atoms with E-state index in [2.05, 4.69) is 5.32 Å². The first-order valence-electron chi connectivity index (χ1n) is 5.78. The van der Waals surface area contributed by atoms with Gasteiger partial charge in [-0.2, -0.15) is 0 Å². The summed E-state index contributed by atoms with van der Waals surface area (Å²) in [4.78, 5) is 0. The average molecular weight is 221 g/mol. The lowest BCUT2D eigenvalue weighted by molar-refractivity contribution is 0.466. The number of aromatic hydroxyl groups is 1. The molecule has 1 rings (SSSR count). The van der Waals surface area contributed by atoms with Crippen molar-refractivity contribution >= 4 is 17.8 Å². The van der Waals surface area contributed by atoms with Crippen molar-refractivity contribution < 1.29 is 5.11 Å². The molecule has 1 aromatic carbocycles. The van der Waals surface area contributed by atoms with Gasteiger partial charge in [-0.1, -0.05) is 26.0 Å². The smallest absolute Gasteiger partial charge is 0.126 e. The summed E-state index contributed by atoms with van der Waals surface area (Å²) in [6.45, 7) is 9.81. The SMILES string of the molecule is C/C=c1/c(NC)cc(C)c(O)/c1=C/C.CC. The third kappa shape index (κ3) is 2.78. The van der Waals surface area contributed by atoms with Gasteiger partial charge in [-0.3, -0.25) is 0 Å². The summed E-state index contributed by atoms with van der Waals surface area (Å²) < 4.78 is 0. The second-order valence-electron chi connectivity index (χ2n) is 3.24. The van der Waals surface area contributed by atoms with E-state index in [4.69, 9.17) is 0 Å². The van der Waals surface area contributed by atoms with Gasteiger partial charge in [-0.15, -0.1) is 0 Å². The molecule has 0 aliphatic heterocycles. The molecule has 0 spiro atoms. The molecular weight excluding hydrogens is 198 g/mol. The standard InChI is InChI=1S/C12H17NO.C2H6/c1-5-9-10(6-2)12(14)8(3)7-11(9)13-4;1-2/h5-7,13-14H,1-4H3;1-2H3/b9-5+,10-6+;. The molecule has 1 aromatic rings. The maximum Gasteiger partial charge on any atom is 0.126 e. The summed E-state index contributed by atoms with van der Waals surface area (Å²) in [5, 5.41) is 14.9. The van der Waals surface area contributed by atoms with E-state index in [9.17, 15) is 5.11 Å². The van der Waals surface area contributed by atoms with Crippen molar-refractivity contribution in [2.75, 3.05) is 12.4 Å². The molecule has 2 N–H and O–H groups in total. The molecule has 0 heterocycles. The predicted molar refractivity (Wildman–Crippen MR) is 73.3 cm³/mol. The maximum absolute atomic E-state index is 9.85. The molecule has 0 amide bonds. The van der Waals surface area contributed by atoms with E-state index in [-0.39, 0.29) is 0 Å². The summed E-state index contributed by atoms with van der Waals surface area (Å²) in [6.07, 6.45) is 3.93. The fourth-order valence-corrected chi connectivity index (χ4v) is 1.66. The molecule has 0 radical (unpaired) electrons. The number of nitrogens with one attached hydrogen (secondary N) is 1. The Morgan fingerprint density at radius 3 is 2.00 bits per heavy atom. The Labute approximate surface area is 98.3 Å². The van der Waals surface area contributed by atoms with E-state index < -0.39 is 0 Å². The van der Waals surface area contributed by atoms with E-state index in [1.807, 2.05) is 59.9 Å². The monoisotopic (exact) mass is 221 g/mol. The number of phenolic OH excluding ortho intramolecular Hbond substituents is 1. The van der Waals surface area contributed by atoms with Crippen LogP contribution in [0, 0.1) is 6.92 Å². The highest BCUT2D eigenvalue weighted by molar-refractivity contribution is 5.56. The Bertz CT molecular complexity index is 447. The number of hydrogen-bond acceptors (Lipinski definition) is 2. The Balaban J connectivity index is 0.00000106. The molecule has 0 aliphatic rings. The summed E-state index contributed by atoms with van der Waals surface area (Å²) in [5.74, 6) is 0.375. The summed E-state index contributed by atoms with van der Waals surface area (Å²) in [5.41, 5.74) is 1.95. The first kappa shape index (κ1) is 14.6. The van der Waals surface area contributed by atoms with Gasteiger partial charge in [0.15, 0.2) is 0 Å². The van der Waals surface area contributed by atoms with Gasteiger partial charge >= 0.3 is 0 Å². The van der Waals surface area contributed by atoms with Crippen LogP contribution in [0.1, 0.15) is 33.3 Å². The predicted octanol–water partition coefficient (Wildman–Crippen LogP) is 2.37. The first-order valence-corrected chi connectivity index (χ1v) is 5.78. The Kier molecular flexibility index (Phi) is 6.31. The van der Waals surface area contributed by atoms with Crippen LogP contribution in [0.2, 0.25) is 0 Å². The molecule has 16 heavy (non-hydrogen) atoms. The molecule has 0 bridgehead atoms. The maximum atomic E-state index is 9.85. The zero-order valence-corrected chi connectivity index (χ0v) is 11.2. The van der Waals surface area contributed by atoms with E-state index in [0.29, 0.717) is 5.75 Å². The largest absolute Gasteiger partial charge is 0.507 e. The Hall–Kier alpha value is -1.44. The lowest BCUT2D eigenvalue weighted by Crippen LogP contribution is -2.28. The highest BCUT2D eigenvalue weighted by Crippen LogP contribution is 2.11. The van der Waals surface area contributed by atoms with Gasteiger partial charge in [-0.25, -0.2) is 0 Å². The molecule has 0 aliphatic carbocycles. The van der Waals surface area contributed by atoms with Gasteiger partial charge in [0.1, 0.15) is 5.75 Å². The second kappa shape index (κ2) is 6.94. The number of rotatable bonds is 1. The van der Waals surface area contributed by atoms with Crippen LogP contribution in [0.25, 0.3) is 12.2 Å². The Morgan fingerprint density at radius 1 is 1.12 bits per heavy atom. The van der Waals surface area contributed by atoms with E-state index in [0.717, 1.165) is 21.7 Å². The van der Waals surface area contributed by atoms with E-state index >= 15 is 0 Å². The second-order valence-corrected chi connectivity index (χ2v) is 3.24. The van der Waals surface area contributed by atoms with Crippen molar-refractivity contribution in [1.82, 2.24) is 0 Å². The number of aryl methyl sites for hydroxylation is 1. The highest BCUT2D eigenvalue weighted by atomic mass is 16.3. The van der Waals surface area contributed by atoms with Crippen molar-refractivity contribution in [3.8, 4) is 5.75 Å². The van der Waals surface area contributed by atoms with E-state index in [1.54, 1.807) is 0 Å². The van der Waals surface area contributed by atoms with E-state index in [1.165, 1.54) is 0 Å². The number of hydrogen-bond donors (Lipinski definition) is 2. The van der Waals surface area contributed by atoms with Crippen molar-refractivity contribution in [1.29, 1.82) is 0 Å². The highest BCUT2D eigenvalue weighted by Gasteiger charge is 2.02. The first-order chi connectivity index (χ1) is 7.65. The van der Waals surface area contributed by atoms with Crippen LogP contribution in [0.15, 0.2) is 6.07 Å². The third-order valence-electron chi connectivity index (χ3n) is 2.42. The van der Waals surface area contributed by atoms with Gasteiger partial charge in [-0.05, 0) is 32.4 Å². The fraction of sp³-hybridized carbons (Fsp3) is 0.429.